The highest BCUT2D eigenvalue weighted by atomic mass is 16.4. The number of carbonyl (C=O) groups excluding carboxylic acids is 1. The fourth-order valence-corrected chi connectivity index (χ4v) is 4.60. The first-order valence-electron chi connectivity index (χ1n) is 10.2. The van der Waals surface area contributed by atoms with Crippen molar-refractivity contribution in [1.82, 2.24) is 4.57 Å². The van der Waals surface area contributed by atoms with E-state index in [4.69, 9.17) is 0 Å². The molecule has 1 N–H and O–H groups in total. The second-order valence-electron chi connectivity index (χ2n) is 7.78. The number of aliphatic carboxylic acids is 1. The summed E-state index contributed by atoms with van der Waals surface area (Å²) < 4.78 is 1.83. The normalized spacial score (nSPS) is 15.7. The molecule has 0 amide bonds. The van der Waals surface area contributed by atoms with Crippen LogP contribution in [0.25, 0.3) is 22.0 Å². The molecule has 0 saturated carbocycles. The lowest BCUT2D eigenvalue weighted by Crippen LogP contribution is -2.24. The number of carbonyl (C=O) groups is 2. The number of benzene rings is 3. The van der Waals surface area contributed by atoms with Crippen molar-refractivity contribution < 1.29 is 14.7 Å². The van der Waals surface area contributed by atoms with Gasteiger partial charge >= 0.3 is 5.97 Å². The van der Waals surface area contributed by atoms with E-state index < -0.39 is 11.9 Å². The van der Waals surface area contributed by atoms with Gasteiger partial charge in [0.15, 0.2) is 0 Å². The molecule has 1 heterocycles. The number of carboxylic acids is 1. The maximum Gasteiger partial charge on any atom is 0.306 e. The average molecular weight is 395 g/mol. The fraction of sp³-hybridized carbons (Fsp3) is 0.154. The van der Waals surface area contributed by atoms with Crippen molar-refractivity contribution >= 4 is 22.8 Å². The van der Waals surface area contributed by atoms with Gasteiger partial charge in [-0.2, -0.15) is 0 Å². The summed E-state index contributed by atoms with van der Waals surface area (Å²) in [7, 11) is 0. The molecule has 1 aliphatic rings. The first kappa shape index (κ1) is 18.4. The number of rotatable bonds is 3. The molecule has 0 radical (unpaired) electrons. The number of carboxylic acid groups (broad SMARTS) is 1. The van der Waals surface area contributed by atoms with E-state index in [1.54, 1.807) is 0 Å². The van der Waals surface area contributed by atoms with E-state index in [-0.39, 0.29) is 5.91 Å². The van der Waals surface area contributed by atoms with Gasteiger partial charge in [-0.05, 0) is 42.5 Å². The highest BCUT2D eigenvalue weighted by Crippen LogP contribution is 2.39. The molecule has 4 heteroatoms. The molecular weight excluding hydrogens is 374 g/mol. The van der Waals surface area contributed by atoms with Gasteiger partial charge < -0.3 is 5.11 Å². The van der Waals surface area contributed by atoms with Gasteiger partial charge in [0.25, 0.3) is 5.91 Å². The van der Waals surface area contributed by atoms with Crippen LogP contribution in [0.5, 0.6) is 0 Å². The number of hydrogen-bond acceptors (Lipinski definition) is 2. The van der Waals surface area contributed by atoms with Crippen molar-refractivity contribution in [3.05, 3.63) is 95.7 Å². The molecule has 4 nitrogen and oxygen atoms in total. The molecule has 0 fully saturated rings. The maximum absolute atomic E-state index is 13.6. The third-order valence-corrected chi connectivity index (χ3v) is 6.04. The zero-order valence-electron chi connectivity index (χ0n) is 16.4. The predicted octanol–water partition coefficient (Wildman–Crippen LogP) is 5.19. The van der Waals surface area contributed by atoms with Gasteiger partial charge in [-0.15, -0.1) is 0 Å². The molecule has 5 rings (SSSR count). The molecule has 0 spiro atoms. The smallest absolute Gasteiger partial charge is 0.306 e. The van der Waals surface area contributed by atoms with Crippen LogP contribution in [0.15, 0.2) is 78.9 Å². The Bertz CT molecular complexity index is 1260. The Kier molecular flexibility index (Phi) is 4.47. The van der Waals surface area contributed by atoms with Crippen LogP contribution in [0.4, 0.5) is 0 Å². The maximum atomic E-state index is 13.6. The molecule has 4 aromatic rings. The number of fused-ring (bicyclic) bond motifs is 3. The van der Waals surface area contributed by atoms with Crippen molar-refractivity contribution in [3.63, 3.8) is 0 Å². The monoisotopic (exact) mass is 395 g/mol. The predicted molar refractivity (Wildman–Crippen MR) is 117 cm³/mol. The summed E-state index contributed by atoms with van der Waals surface area (Å²) in [6.07, 6.45) is 1.57. The van der Waals surface area contributed by atoms with Gasteiger partial charge in [0, 0.05) is 22.2 Å². The summed E-state index contributed by atoms with van der Waals surface area (Å²) in [5.41, 5.74) is 5.45. The van der Waals surface area contributed by atoms with Gasteiger partial charge in [-0.25, -0.2) is 0 Å². The Morgan fingerprint density at radius 1 is 0.867 bits per heavy atom. The van der Waals surface area contributed by atoms with Crippen molar-refractivity contribution in [1.29, 1.82) is 0 Å². The van der Waals surface area contributed by atoms with E-state index in [0.717, 1.165) is 33.3 Å². The lowest BCUT2D eigenvalue weighted by atomic mass is 9.86. The quantitative estimate of drug-likeness (QED) is 0.520. The molecule has 0 aliphatic heterocycles. The van der Waals surface area contributed by atoms with E-state index in [1.165, 1.54) is 0 Å². The average Bonchev–Trinajstić information content (AvgIpc) is 3.13. The number of hydrogen-bond donors (Lipinski definition) is 1. The van der Waals surface area contributed by atoms with Crippen LogP contribution in [0.2, 0.25) is 0 Å². The van der Waals surface area contributed by atoms with Crippen LogP contribution in [0, 0.1) is 5.92 Å². The summed E-state index contributed by atoms with van der Waals surface area (Å²) in [4.78, 5) is 25.3. The molecule has 148 valence electrons. The molecule has 30 heavy (non-hydrogen) atoms. The van der Waals surface area contributed by atoms with Gasteiger partial charge in [-0.1, -0.05) is 66.7 Å². The van der Waals surface area contributed by atoms with E-state index in [9.17, 15) is 14.7 Å². The first-order valence-corrected chi connectivity index (χ1v) is 10.2. The van der Waals surface area contributed by atoms with Crippen LogP contribution >= 0.6 is 0 Å². The number of nitrogens with zero attached hydrogens (tertiary/aromatic N) is 1. The van der Waals surface area contributed by atoms with Crippen LogP contribution < -0.4 is 0 Å². The third kappa shape index (κ3) is 2.92. The Morgan fingerprint density at radius 2 is 1.57 bits per heavy atom. The third-order valence-electron chi connectivity index (χ3n) is 6.04. The van der Waals surface area contributed by atoms with Crippen LogP contribution in [0.1, 0.15) is 28.0 Å². The number of aromatic nitrogens is 1. The SMILES string of the molecule is O=C(O)C1CCc2c(c3cccc(-c4ccccc4)c3n2C(=O)c2ccccc2)C1. The lowest BCUT2D eigenvalue weighted by molar-refractivity contribution is -0.142. The number of para-hydroxylation sites is 1. The van der Waals surface area contributed by atoms with Gasteiger partial charge in [0.1, 0.15) is 0 Å². The molecule has 0 bridgehead atoms. The molecule has 3 aromatic carbocycles. The first-order chi connectivity index (χ1) is 14.6. The molecule has 1 aliphatic carbocycles. The van der Waals surface area contributed by atoms with Gasteiger partial charge in [-0.3, -0.25) is 14.2 Å². The van der Waals surface area contributed by atoms with Crippen LogP contribution in [-0.4, -0.2) is 21.6 Å². The van der Waals surface area contributed by atoms with Crippen molar-refractivity contribution in [2.45, 2.75) is 19.3 Å². The van der Waals surface area contributed by atoms with E-state index >= 15 is 0 Å². The van der Waals surface area contributed by atoms with Gasteiger partial charge in [0.2, 0.25) is 0 Å². The zero-order chi connectivity index (χ0) is 20.7. The Labute approximate surface area is 174 Å². The van der Waals surface area contributed by atoms with E-state index in [1.807, 2.05) is 83.4 Å². The largest absolute Gasteiger partial charge is 0.481 e. The standard InChI is InChI=1S/C26H21NO3/c28-25(18-10-5-2-6-11-18)27-23-15-14-19(26(29)30)16-22(23)21-13-7-12-20(24(21)27)17-8-3-1-4-9-17/h1-13,19H,14-16H2,(H,29,30). The molecule has 1 atom stereocenters. The second kappa shape index (κ2) is 7.30. The minimum atomic E-state index is -0.768. The Hall–Kier alpha value is -3.66. The second-order valence-corrected chi connectivity index (χ2v) is 7.78. The minimum absolute atomic E-state index is 0.0704. The summed E-state index contributed by atoms with van der Waals surface area (Å²) >= 11 is 0. The molecule has 1 unspecified atom stereocenters. The lowest BCUT2D eigenvalue weighted by Gasteiger charge is -2.20. The van der Waals surface area contributed by atoms with Gasteiger partial charge in [0.05, 0.1) is 11.4 Å². The van der Waals surface area contributed by atoms with Crippen molar-refractivity contribution in [2.24, 2.45) is 5.92 Å². The Balaban J connectivity index is 1.81. The minimum Gasteiger partial charge on any atom is -0.481 e. The van der Waals surface area contributed by atoms with Crippen molar-refractivity contribution in [3.8, 4) is 11.1 Å². The molecular formula is C26H21NO3. The summed E-state index contributed by atoms with van der Waals surface area (Å²) in [6.45, 7) is 0. The summed E-state index contributed by atoms with van der Waals surface area (Å²) in [5.74, 6) is -1.25. The van der Waals surface area contributed by atoms with Crippen LogP contribution in [0.3, 0.4) is 0 Å². The zero-order valence-corrected chi connectivity index (χ0v) is 16.4. The Morgan fingerprint density at radius 3 is 2.27 bits per heavy atom. The highest BCUT2D eigenvalue weighted by molar-refractivity contribution is 6.08. The summed E-state index contributed by atoms with van der Waals surface area (Å²) in [6, 6.07) is 25.3. The summed E-state index contributed by atoms with van der Waals surface area (Å²) in [5, 5.41) is 10.6. The van der Waals surface area contributed by atoms with E-state index in [2.05, 4.69) is 0 Å². The molecule has 0 saturated heterocycles. The topological polar surface area (TPSA) is 59.3 Å². The van der Waals surface area contributed by atoms with Crippen LogP contribution in [-0.2, 0) is 17.6 Å². The molecule has 1 aromatic heterocycles. The van der Waals surface area contributed by atoms with Crippen molar-refractivity contribution in [2.75, 3.05) is 0 Å². The van der Waals surface area contributed by atoms with E-state index in [0.29, 0.717) is 24.8 Å². The highest BCUT2D eigenvalue weighted by Gasteiger charge is 2.32. The fourth-order valence-electron chi connectivity index (χ4n) is 4.60.